The van der Waals surface area contributed by atoms with Gasteiger partial charge in [-0.2, -0.15) is 0 Å². The van der Waals surface area contributed by atoms with Crippen molar-refractivity contribution in [2.24, 2.45) is 0 Å². The van der Waals surface area contributed by atoms with Gasteiger partial charge >= 0.3 is 11.9 Å². The molecular formula is C20H30O12. The first-order valence-electron chi connectivity index (χ1n) is 9.81. The molecule has 0 aromatic heterocycles. The van der Waals surface area contributed by atoms with Crippen LogP contribution in [0.5, 0.6) is 0 Å². The number of carboxylic acids is 2. The van der Waals surface area contributed by atoms with Gasteiger partial charge in [-0.25, -0.2) is 9.59 Å². The predicted octanol–water partition coefficient (Wildman–Crippen LogP) is 0.777. The third kappa shape index (κ3) is 11.5. The van der Waals surface area contributed by atoms with Gasteiger partial charge in [0.2, 0.25) is 0 Å². The minimum atomic E-state index is -1.30. The summed E-state index contributed by atoms with van der Waals surface area (Å²) in [4.78, 5) is 23.1. The molecule has 0 unspecified atom stereocenters. The third-order valence-corrected chi connectivity index (χ3v) is 3.87. The second kappa shape index (κ2) is 17.4. The molecule has 4 N–H and O–H groups in total. The number of aliphatic hydroxyl groups excluding tert-OH is 2. The highest BCUT2D eigenvalue weighted by molar-refractivity contribution is 5.96. The van der Waals surface area contributed by atoms with Gasteiger partial charge < -0.3 is 48.8 Å². The van der Waals surface area contributed by atoms with E-state index in [-0.39, 0.29) is 75.9 Å². The minimum absolute atomic E-state index is 0.0113. The number of aromatic carboxylic acids is 2. The fourth-order valence-electron chi connectivity index (χ4n) is 2.39. The molecule has 12 heteroatoms. The van der Waals surface area contributed by atoms with Crippen molar-refractivity contribution >= 4 is 11.9 Å². The summed E-state index contributed by atoms with van der Waals surface area (Å²) >= 11 is 0. The van der Waals surface area contributed by atoms with Crippen molar-refractivity contribution in [3.05, 3.63) is 34.4 Å². The Labute approximate surface area is 185 Å². The Morgan fingerprint density at radius 3 is 1.41 bits per heavy atom. The predicted molar refractivity (Wildman–Crippen MR) is 107 cm³/mol. The molecule has 12 nitrogen and oxygen atoms in total. The highest BCUT2D eigenvalue weighted by Gasteiger charge is 2.19. The number of aliphatic hydroxyl groups is 2. The Kier molecular flexibility index (Phi) is 15.2. The highest BCUT2D eigenvalue weighted by Crippen LogP contribution is 2.20. The quantitative estimate of drug-likeness (QED) is 0.159. The van der Waals surface area contributed by atoms with Crippen molar-refractivity contribution in [1.82, 2.24) is 0 Å². The van der Waals surface area contributed by atoms with Gasteiger partial charge in [0.1, 0.15) is 27.2 Å². The molecule has 1 rings (SSSR count). The standard InChI is InChI=1S/C20H30O12/c21-3-1-5-27-11-31-13-29-9-15-7-16(10-30-14-32-12-28-6-2-4-22)18(20(25)26)8-17(15)19(23)24/h7-8,21-22H,1-6,9-14H2,(H,23,24)(H,25,26). The number of carboxylic acid groups (broad SMARTS) is 2. The Morgan fingerprint density at radius 2 is 1.03 bits per heavy atom. The SMILES string of the molecule is O=C(O)c1cc(C(=O)O)c(COCOCOCCCO)cc1COCOCOCCCO. The van der Waals surface area contributed by atoms with E-state index in [1.165, 1.54) is 6.07 Å². The lowest BCUT2D eigenvalue weighted by atomic mass is 9.99. The van der Waals surface area contributed by atoms with Crippen molar-refractivity contribution in [3.8, 4) is 0 Å². The Morgan fingerprint density at radius 1 is 0.625 bits per heavy atom. The van der Waals surface area contributed by atoms with Crippen LogP contribution >= 0.6 is 0 Å². The Hall–Kier alpha value is -2.16. The summed E-state index contributed by atoms with van der Waals surface area (Å²) in [7, 11) is 0. The largest absolute Gasteiger partial charge is 0.478 e. The fraction of sp³-hybridized carbons (Fsp3) is 0.600. The second-order valence-electron chi connectivity index (χ2n) is 6.32. The van der Waals surface area contributed by atoms with Crippen LogP contribution in [0, 0.1) is 0 Å². The smallest absolute Gasteiger partial charge is 0.336 e. The van der Waals surface area contributed by atoms with Gasteiger partial charge in [-0.3, -0.25) is 0 Å². The topological polar surface area (TPSA) is 170 Å². The van der Waals surface area contributed by atoms with E-state index in [1.807, 2.05) is 0 Å². The lowest BCUT2D eigenvalue weighted by molar-refractivity contribution is -0.136. The first-order valence-corrected chi connectivity index (χ1v) is 9.81. The zero-order valence-corrected chi connectivity index (χ0v) is 17.7. The molecule has 0 bridgehead atoms. The van der Waals surface area contributed by atoms with Crippen LogP contribution in [-0.2, 0) is 41.6 Å². The van der Waals surface area contributed by atoms with Crippen LogP contribution in [-0.4, -0.2) is 86.0 Å². The Bertz CT molecular complexity index is 626. The van der Waals surface area contributed by atoms with Crippen molar-refractivity contribution in [1.29, 1.82) is 0 Å². The van der Waals surface area contributed by atoms with Crippen LogP contribution in [0.15, 0.2) is 12.1 Å². The van der Waals surface area contributed by atoms with Gasteiger partial charge in [0.25, 0.3) is 0 Å². The van der Waals surface area contributed by atoms with Gasteiger partial charge in [-0.1, -0.05) is 0 Å². The van der Waals surface area contributed by atoms with Gasteiger partial charge in [-0.05, 0) is 36.1 Å². The maximum atomic E-state index is 11.5. The van der Waals surface area contributed by atoms with E-state index < -0.39 is 11.9 Å². The lowest BCUT2D eigenvalue weighted by Crippen LogP contribution is -2.13. The maximum Gasteiger partial charge on any atom is 0.336 e. The number of ether oxygens (including phenoxy) is 6. The second-order valence-corrected chi connectivity index (χ2v) is 6.32. The summed E-state index contributed by atoms with van der Waals surface area (Å²) in [6.45, 7) is -0.0332. The van der Waals surface area contributed by atoms with Crippen LogP contribution in [0.1, 0.15) is 44.7 Å². The van der Waals surface area contributed by atoms with Crippen LogP contribution in [0.4, 0.5) is 0 Å². The first-order chi connectivity index (χ1) is 15.5. The average molecular weight is 462 g/mol. The summed E-state index contributed by atoms with van der Waals surface area (Å²) < 4.78 is 30.9. The van der Waals surface area contributed by atoms with Gasteiger partial charge in [0.05, 0.1) is 37.6 Å². The van der Waals surface area contributed by atoms with E-state index in [4.69, 9.17) is 38.6 Å². The van der Waals surface area contributed by atoms with Gasteiger partial charge in [0, 0.05) is 13.2 Å². The van der Waals surface area contributed by atoms with Crippen LogP contribution in [0.3, 0.4) is 0 Å². The first kappa shape index (κ1) is 27.9. The molecule has 0 atom stereocenters. The number of rotatable bonds is 20. The summed E-state index contributed by atoms with van der Waals surface area (Å²) in [5.74, 6) is -2.59. The molecule has 0 spiro atoms. The Balaban J connectivity index is 2.62. The van der Waals surface area contributed by atoms with E-state index >= 15 is 0 Å². The summed E-state index contributed by atoms with van der Waals surface area (Å²) in [5.41, 5.74) is 0.0797. The van der Waals surface area contributed by atoms with Crippen molar-refractivity contribution in [2.45, 2.75) is 26.1 Å². The van der Waals surface area contributed by atoms with Crippen LogP contribution in [0.25, 0.3) is 0 Å². The summed E-state index contributed by atoms with van der Waals surface area (Å²) in [6, 6.07) is 2.45. The van der Waals surface area contributed by atoms with Crippen LogP contribution in [0.2, 0.25) is 0 Å². The molecule has 0 heterocycles. The van der Waals surface area contributed by atoms with E-state index in [2.05, 4.69) is 0 Å². The molecule has 182 valence electrons. The van der Waals surface area contributed by atoms with Crippen molar-refractivity contribution < 1.29 is 58.4 Å². The van der Waals surface area contributed by atoms with E-state index in [1.54, 1.807) is 0 Å². The molecule has 0 aliphatic rings. The molecular weight excluding hydrogens is 432 g/mol. The summed E-state index contributed by atoms with van der Waals surface area (Å²) in [6.07, 6.45) is 0.962. The monoisotopic (exact) mass is 462 g/mol. The lowest BCUT2D eigenvalue weighted by Gasteiger charge is -2.14. The zero-order valence-electron chi connectivity index (χ0n) is 17.7. The van der Waals surface area contributed by atoms with E-state index in [0.29, 0.717) is 26.1 Å². The molecule has 0 saturated heterocycles. The molecule has 0 aliphatic heterocycles. The molecule has 0 saturated carbocycles. The summed E-state index contributed by atoms with van der Waals surface area (Å²) in [5, 5.41) is 36.1. The fourth-order valence-corrected chi connectivity index (χ4v) is 2.39. The van der Waals surface area contributed by atoms with Crippen molar-refractivity contribution in [2.75, 3.05) is 53.6 Å². The van der Waals surface area contributed by atoms with Crippen molar-refractivity contribution in [3.63, 3.8) is 0 Å². The molecule has 32 heavy (non-hydrogen) atoms. The maximum absolute atomic E-state index is 11.5. The number of hydrogen-bond acceptors (Lipinski definition) is 10. The highest BCUT2D eigenvalue weighted by atomic mass is 16.7. The zero-order chi connectivity index (χ0) is 23.6. The molecule has 0 radical (unpaired) electrons. The molecule has 1 aromatic rings. The van der Waals surface area contributed by atoms with Crippen LogP contribution < -0.4 is 0 Å². The molecule has 0 fully saturated rings. The number of benzene rings is 1. The number of carbonyl (C=O) groups is 2. The average Bonchev–Trinajstić information content (AvgIpc) is 2.77. The number of hydrogen-bond donors (Lipinski definition) is 4. The van der Waals surface area contributed by atoms with E-state index in [0.717, 1.165) is 6.07 Å². The van der Waals surface area contributed by atoms with E-state index in [9.17, 15) is 19.8 Å². The minimum Gasteiger partial charge on any atom is -0.478 e. The van der Waals surface area contributed by atoms with Gasteiger partial charge in [-0.15, -0.1) is 0 Å². The van der Waals surface area contributed by atoms with Gasteiger partial charge in [0.15, 0.2) is 0 Å². The molecule has 0 amide bonds. The molecule has 0 aliphatic carbocycles. The normalized spacial score (nSPS) is 11.1. The third-order valence-electron chi connectivity index (χ3n) is 3.87. The molecule has 1 aromatic carbocycles.